The van der Waals surface area contributed by atoms with Crippen molar-refractivity contribution in [2.45, 2.75) is 4.90 Å². The zero-order valence-corrected chi connectivity index (χ0v) is 11.2. The molecule has 1 heterocycles. The molecule has 0 fully saturated rings. The highest BCUT2D eigenvalue weighted by atomic mass is 35.5. The minimum Gasteiger partial charge on any atom is -0.436 e. The summed E-state index contributed by atoms with van der Waals surface area (Å²) < 4.78 is 5.62. The highest BCUT2D eigenvalue weighted by Crippen LogP contribution is 2.33. The minimum absolute atomic E-state index is 0.103. The first-order chi connectivity index (χ1) is 8.20. The molecule has 0 atom stereocenters. The molecule has 17 heavy (non-hydrogen) atoms. The van der Waals surface area contributed by atoms with E-state index in [1.807, 2.05) is 30.5 Å². The Morgan fingerprint density at radius 2 is 2.00 bits per heavy atom. The van der Waals surface area contributed by atoms with Gasteiger partial charge in [-0.2, -0.15) is 4.98 Å². The fraction of sp³-hybridized carbons (Fsp3) is 0.0909. The first kappa shape index (κ1) is 12.5. The van der Waals surface area contributed by atoms with Crippen LogP contribution in [0.2, 0.25) is 10.3 Å². The van der Waals surface area contributed by atoms with Crippen molar-refractivity contribution in [2.75, 3.05) is 6.26 Å². The molecule has 6 heteroatoms. The summed E-state index contributed by atoms with van der Waals surface area (Å²) in [6, 6.07) is 7.62. The fourth-order valence-electron chi connectivity index (χ4n) is 1.21. The van der Waals surface area contributed by atoms with Crippen LogP contribution in [0.5, 0.6) is 11.6 Å². The number of hydrogen-bond acceptors (Lipinski definition) is 4. The molecule has 0 saturated heterocycles. The molecule has 0 amide bonds. The normalized spacial score (nSPS) is 10.3. The van der Waals surface area contributed by atoms with Crippen molar-refractivity contribution in [1.82, 2.24) is 9.97 Å². The maximum absolute atomic E-state index is 5.93. The fourth-order valence-corrected chi connectivity index (χ4v) is 1.99. The van der Waals surface area contributed by atoms with Gasteiger partial charge in [-0.05, 0) is 30.0 Å². The second-order valence-electron chi connectivity index (χ2n) is 3.05. The zero-order valence-electron chi connectivity index (χ0n) is 8.85. The number of nitrogens with zero attached hydrogens (tertiary/aromatic N) is 2. The van der Waals surface area contributed by atoms with Gasteiger partial charge in [-0.15, -0.1) is 11.8 Å². The lowest BCUT2D eigenvalue weighted by atomic mass is 10.3. The molecule has 0 bridgehead atoms. The van der Waals surface area contributed by atoms with Gasteiger partial charge in [-0.1, -0.05) is 23.7 Å². The van der Waals surface area contributed by atoms with Crippen molar-refractivity contribution in [3.63, 3.8) is 0 Å². The van der Waals surface area contributed by atoms with Crippen molar-refractivity contribution >= 4 is 35.0 Å². The number of rotatable bonds is 3. The van der Waals surface area contributed by atoms with E-state index in [0.29, 0.717) is 10.8 Å². The number of aromatic nitrogens is 2. The first-order valence-electron chi connectivity index (χ1n) is 4.69. The summed E-state index contributed by atoms with van der Waals surface area (Å²) >= 11 is 13.2. The molecule has 0 aliphatic heterocycles. The Morgan fingerprint density at radius 3 is 2.76 bits per heavy atom. The molecular weight excluding hydrogens is 279 g/mol. The molecule has 88 valence electrons. The molecule has 0 saturated carbocycles. The summed E-state index contributed by atoms with van der Waals surface area (Å²) in [6.07, 6.45) is 3.38. The summed E-state index contributed by atoms with van der Waals surface area (Å²) in [5, 5.41) is 0.427. The molecule has 0 radical (unpaired) electrons. The van der Waals surface area contributed by atoms with Crippen LogP contribution in [0.15, 0.2) is 35.4 Å². The Balaban J connectivity index is 2.34. The van der Waals surface area contributed by atoms with E-state index in [0.717, 1.165) is 4.90 Å². The molecule has 2 rings (SSSR count). The zero-order chi connectivity index (χ0) is 12.3. The molecule has 0 spiro atoms. The van der Waals surface area contributed by atoms with Gasteiger partial charge in [0.15, 0.2) is 0 Å². The van der Waals surface area contributed by atoms with Crippen molar-refractivity contribution in [1.29, 1.82) is 0 Å². The van der Waals surface area contributed by atoms with Gasteiger partial charge in [-0.25, -0.2) is 4.98 Å². The number of para-hydroxylation sites is 1. The van der Waals surface area contributed by atoms with E-state index in [4.69, 9.17) is 27.9 Å². The second-order valence-corrected chi connectivity index (χ2v) is 4.64. The summed E-state index contributed by atoms with van der Waals surface area (Å²) in [7, 11) is 0. The molecule has 0 unspecified atom stereocenters. The average Bonchev–Trinajstić information content (AvgIpc) is 2.34. The Bertz CT molecular complexity index is 537. The van der Waals surface area contributed by atoms with Crippen LogP contribution < -0.4 is 4.74 Å². The third kappa shape index (κ3) is 3.03. The molecule has 1 aromatic carbocycles. The summed E-state index contributed by atoms with van der Waals surface area (Å²) in [4.78, 5) is 8.69. The van der Waals surface area contributed by atoms with E-state index in [2.05, 4.69) is 9.97 Å². The Morgan fingerprint density at radius 1 is 1.24 bits per heavy atom. The van der Waals surface area contributed by atoms with Crippen molar-refractivity contribution < 1.29 is 4.74 Å². The first-order valence-corrected chi connectivity index (χ1v) is 6.67. The Kier molecular flexibility index (Phi) is 4.10. The Hall–Kier alpha value is -0.970. The van der Waals surface area contributed by atoms with Crippen LogP contribution in [0.1, 0.15) is 0 Å². The molecule has 0 aliphatic carbocycles. The van der Waals surface area contributed by atoms with E-state index >= 15 is 0 Å². The van der Waals surface area contributed by atoms with Gasteiger partial charge in [-0.3, -0.25) is 0 Å². The van der Waals surface area contributed by atoms with Crippen LogP contribution in [0.3, 0.4) is 0 Å². The molecule has 2 aromatic rings. The van der Waals surface area contributed by atoms with Gasteiger partial charge >= 0.3 is 0 Å². The van der Waals surface area contributed by atoms with Gasteiger partial charge in [0.25, 0.3) is 0 Å². The third-order valence-corrected chi connectivity index (χ3v) is 3.18. The third-order valence-electron chi connectivity index (χ3n) is 1.96. The number of benzene rings is 1. The monoisotopic (exact) mass is 286 g/mol. The lowest BCUT2D eigenvalue weighted by Gasteiger charge is -2.09. The molecular formula is C11H8Cl2N2OS. The van der Waals surface area contributed by atoms with Crippen LogP contribution >= 0.6 is 35.0 Å². The maximum Gasteiger partial charge on any atom is 0.242 e. The SMILES string of the molecule is CSc1ccccc1Oc1nc(Cl)ncc1Cl. The van der Waals surface area contributed by atoms with Crippen molar-refractivity contribution in [2.24, 2.45) is 0 Å². The number of thioether (sulfide) groups is 1. The highest BCUT2D eigenvalue weighted by Gasteiger charge is 2.09. The molecule has 0 N–H and O–H groups in total. The van der Waals surface area contributed by atoms with E-state index in [1.54, 1.807) is 11.8 Å². The van der Waals surface area contributed by atoms with E-state index < -0.39 is 0 Å². The van der Waals surface area contributed by atoms with Crippen LogP contribution in [0.25, 0.3) is 0 Å². The summed E-state index contributed by atoms with van der Waals surface area (Å²) in [5.74, 6) is 0.949. The van der Waals surface area contributed by atoms with E-state index in [1.165, 1.54) is 6.20 Å². The van der Waals surface area contributed by atoms with E-state index in [-0.39, 0.29) is 11.2 Å². The predicted molar refractivity (Wildman–Crippen MR) is 70.3 cm³/mol. The van der Waals surface area contributed by atoms with Gasteiger partial charge in [0.1, 0.15) is 10.8 Å². The van der Waals surface area contributed by atoms with Gasteiger partial charge < -0.3 is 4.74 Å². The number of hydrogen-bond donors (Lipinski definition) is 0. The van der Waals surface area contributed by atoms with Crippen molar-refractivity contribution in [3.05, 3.63) is 40.8 Å². The van der Waals surface area contributed by atoms with Gasteiger partial charge in [0.05, 0.1) is 6.20 Å². The van der Waals surface area contributed by atoms with Crippen LogP contribution in [-0.2, 0) is 0 Å². The quantitative estimate of drug-likeness (QED) is 0.623. The van der Waals surface area contributed by atoms with E-state index in [9.17, 15) is 0 Å². The van der Waals surface area contributed by atoms with Crippen LogP contribution in [0.4, 0.5) is 0 Å². The smallest absolute Gasteiger partial charge is 0.242 e. The topological polar surface area (TPSA) is 35.0 Å². The average molecular weight is 287 g/mol. The van der Waals surface area contributed by atoms with Crippen LogP contribution in [0, 0.1) is 0 Å². The number of ether oxygens (including phenoxy) is 1. The largest absolute Gasteiger partial charge is 0.436 e. The lowest BCUT2D eigenvalue weighted by Crippen LogP contribution is -1.92. The summed E-state index contributed by atoms with van der Waals surface area (Å²) in [5.41, 5.74) is 0. The number of halogens is 2. The second kappa shape index (κ2) is 5.58. The lowest BCUT2D eigenvalue weighted by molar-refractivity contribution is 0.451. The van der Waals surface area contributed by atoms with Crippen molar-refractivity contribution in [3.8, 4) is 11.6 Å². The standard InChI is InChI=1S/C11H8Cl2N2OS/c1-17-9-5-3-2-4-8(9)16-10-7(12)6-14-11(13)15-10/h2-6H,1H3. The van der Waals surface area contributed by atoms with Crippen LogP contribution in [-0.4, -0.2) is 16.2 Å². The molecule has 3 nitrogen and oxygen atoms in total. The molecule has 0 aliphatic rings. The van der Waals surface area contributed by atoms with Gasteiger partial charge in [0.2, 0.25) is 11.2 Å². The maximum atomic E-state index is 5.93. The Labute approximate surface area is 113 Å². The summed E-state index contributed by atoms with van der Waals surface area (Å²) in [6.45, 7) is 0. The highest BCUT2D eigenvalue weighted by molar-refractivity contribution is 7.98. The molecule has 1 aromatic heterocycles. The predicted octanol–water partition coefficient (Wildman–Crippen LogP) is 4.30. The van der Waals surface area contributed by atoms with Gasteiger partial charge in [0, 0.05) is 4.90 Å². The minimum atomic E-state index is 0.103.